The van der Waals surface area contributed by atoms with Crippen molar-refractivity contribution in [3.8, 4) is 0 Å². The molecule has 3 rings (SSSR count). The highest BCUT2D eigenvalue weighted by Gasteiger charge is 2.55. The predicted molar refractivity (Wildman–Crippen MR) is 65.9 cm³/mol. The van der Waals surface area contributed by atoms with E-state index in [9.17, 15) is 9.90 Å². The average Bonchev–Trinajstić information content (AvgIpc) is 2.34. The van der Waals surface area contributed by atoms with Crippen molar-refractivity contribution in [2.45, 2.75) is 25.6 Å². The number of aliphatic hydroxyl groups excluding tert-OH is 1. The topological polar surface area (TPSA) is 49.8 Å². The second-order valence-electron chi connectivity index (χ2n) is 5.31. The smallest absolute Gasteiger partial charge is 0.410 e. The normalized spacial score (nSPS) is 24.3. The van der Waals surface area contributed by atoms with E-state index < -0.39 is 0 Å². The molecule has 1 aliphatic heterocycles. The van der Waals surface area contributed by atoms with Gasteiger partial charge in [0.1, 0.15) is 6.61 Å². The number of likely N-dealkylation sites (tertiary alicyclic amines) is 1. The Bertz CT molecular complexity index is 440. The van der Waals surface area contributed by atoms with Gasteiger partial charge < -0.3 is 14.7 Å². The van der Waals surface area contributed by atoms with Gasteiger partial charge in [0.2, 0.25) is 0 Å². The molecule has 1 aromatic rings. The molecule has 0 radical (unpaired) electrons. The number of carbonyl (C=O) groups excluding carboxylic acids is 1. The average molecular weight is 247 g/mol. The van der Waals surface area contributed by atoms with Crippen molar-refractivity contribution < 1.29 is 14.6 Å². The monoisotopic (exact) mass is 247 g/mol. The number of ether oxygens (including phenoxy) is 1. The summed E-state index contributed by atoms with van der Waals surface area (Å²) in [6.07, 6.45) is 1.39. The summed E-state index contributed by atoms with van der Waals surface area (Å²) in [6.45, 7) is 1.59. The molecule has 1 aromatic carbocycles. The van der Waals surface area contributed by atoms with Crippen molar-refractivity contribution in [3.63, 3.8) is 0 Å². The fourth-order valence-corrected chi connectivity index (χ4v) is 2.70. The van der Waals surface area contributed by atoms with E-state index in [4.69, 9.17) is 4.74 Å². The van der Waals surface area contributed by atoms with Crippen LogP contribution in [0.1, 0.15) is 18.4 Å². The van der Waals surface area contributed by atoms with Crippen molar-refractivity contribution in [1.82, 2.24) is 4.90 Å². The van der Waals surface area contributed by atoms with Crippen LogP contribution in [0.3, 0.4) is 0 Å². The molecule has 1 amide bonds. The zero-order chi connectivity index (χ0) is 12.6. The van der Waals surface area contributed by atoms with Crippen molar-refractivity contribution in [2.75, 3.05) is 13.1 Å². The molecule has 2 fully saturated rings. The Morgan fingerprint density at radius 3 is 2.67 bits per heavy atom. The molecule has 4 nitrogen and oxygen atoms in total. The molecule has 1 atom stereocenters. The molecule has 1 unspecified atom stereocenters. The lowest BCUT2D eigenvalue weighted by atomic mass is 9.61. The van der Waals surface area contributed by atoms with Gasteiger partial charge in [-0.1, -0.05) is 30.3 Å². The maximum atomic E-state index is 11.8. The SMILES string of the molecule is O=C(OCc1ccccc1)N1CC2(CCC2O)C1. The Morgan fingerprint density at radius 2 is 2.11 bits per heavy atom. The third kappa shape index (κ3) is 1.86. The summed E-state index contributed by atoms with van der Waals surface area (Å²) < 4.78 is 5.23. The number of aliphatic hydroxyl groups is 1. The maximum Gasteiger partial charge on any atom is 0.410 e. The first kappa shape index (κ1) is 11.5. The molecule has 18 heavy (non-hydrogen) atoms. The fraction of sp³-hybridized carbons (Fsp3) is 0.500. The van der Waals surface area contributed by atoms with Crippen molar-refractivity contribution in [3.05, 3.63) is 35.9 Å². The summed E-state index contributed by atoms with van der Waals surface area (Å²) in [5.74, 6) is 0. The van der Waals surface area contributed by atoms with E-state index in [1.807, 2.05) is 30.3 Å². The zero-order valence-electron chi connectivity index (χ0n) is 10.2. The van der Waals surface area contributed by atoms with Gasteiger partial charge in [0.15, 0.2) is 0 Å². The predicted octanol–water partition coefficient (Wildman–Crippen LogP) is 1.78. The van der Waals surface area contributed by atoms with E-state index in [1.54, 1.807) is 4.90 Å². The highest BCUT2D eigenvalue weighted by molar-refractivity contribution is 5.69. The molecular formula is C14H17NO3. The first-order valence-electron chi connectivity index (χ1n) is 6.33. The van der Waals surface area contributed by atoms with Crippen molar-refractivity contribution in [1.29, 1.82) is 0 Å². The molecule has 0 aromatic heterocycles. The largest absolute Gasteiger partial charge is 0.445 e. The van der Waals surface area contributed by atoms with Crippen LogP contribution in [0.5, 0.6) is 0 Å². The second kappa shape index (κ2) is 4.28. The van der Waals surface area contributed by atoms with Crippen LogP contribution in [-0.4, -0.2) is 35.3 Å². The van der Waals surface area contributed by atoms with Gasteiger partial charge in [0.05, 0.1) is 6.10 Å². The van der Waals surface area contributed by atoms with Gasteiger partial charge in [-0.05, 0) is 18.4 Å². The van der Waals surface area contributed by atoms with E-state index in [-0.39, 0.29) is 17.6 Å². The third-order valence-electron chi connectivity index (χ3n) is 4.10. The van der Waals surface area contributed by atoms with Gasteiger partial charge in [-0.2, -0.15) is 0 Å². The Morgan fingerprint density at radius 1 is 1.39 bits per heavy atom. The quantitative estimate of drug-likeness (QED) is 0.866. The van der Waals surface area contributed by atoms with Crippen LogP contribution in [0, 0.1) is 5.41 Å². The zero-order valence-corrected chi connectivity index (χ0v) is 10.2. The van der Waals surface area contributed by atoms with Gasteiger partial charge in [-0.3, -0.25) is 0 Å². The fourth-order valence-electron chi connectivity index (χ4n) is 2.70. The molecule has 0 bridgehead atoms. The number of benzene rings is 1. The lowest BCUT2D eigenvalue weighted by Crippen LogP contribution is -2.67. The number of hydrogen-bond donors (Lipinski definition) is 1. The molecule has 96 valence electrons. The van der Waals surface area contributed by atoms with Gasteiger partial charge in [-0.15, -0.1) is 0 Å². The Labute approximate surface area is 106 Å². The van der Waals surface area contributed by atoms with E-state index >= 15 is 0 Å². The van der Waals surface area contributed by atoms with Crippen molar-refractivity contribution >= 4 is 6.09 Å². The van der Waals surface area contributed by atoms with Crippen LogP contribution >= 0.6 is 0 Å². The number of amides is 1. The summed E-state index contributed by atoms with van der Waals surface area (Å²) in [7, 11) is 0. The van der Waals surface area contributed by atoms with Crippen LogP contribution in [0.15, 0.2) is 30.3 Å². The van der Waals surface area contributed by atoms with E-state index in [2.05, 4.69) is 0 Å². The van der Waals surface area contributed by atoms with E-state index in [0.717, 1.165) is 18.4 Å². The van der Waals surface area contributed by atoms with Crippen LogP contribution in [0.4, 0.5) is 4.79 Å². The summed E-state index contributed by atoms with van der Waals surface area (Å²) in [6, 6.07) is 9.64. The minimum absolute atomic E-state index is 0.00817. The lowest BCUT2D eigenvalue weighted by molar-refractivity contribution is -0.148. The summed E-state index contributed by atoms with van der Waals surface area (Å²) in [5, 5.41) is 9.65. The van der Waals surface area contributed by atoms with Gasteiger partial charge in [-0.25, -0.2) is 4.79 Å². The second-order valence-corrected chi connectivity index (χ2v) is 5.31. The molecule has 1 aliphatic carbocycles. The molecule has 1 saturated heterocycles. The Hall–Kier alpha value is -1.55. The number of nitrogens with zero attached hydrogens (tertiary/aromatic N) is 1. The highest BCUT2D eigenvalue weighted by Crippen LogP contribution is 2.48. The van der Waals surface area contributed by atoms with Gasteiger partial charge in [0.25, 0.3) is 0 Å². The molecule has 1 N–H and O–H groups in total. The molecular weight excluding hydrogens is 230 g/mol. The Kier molecular flexibility index (Phi) is 2.74. The molecule has 1 saturated carbocycles. The minimum Gasteiger partial charge on any atom is -0.445 e. The van der Waals surface area contributed by atoms with Crippen LogP contribution in [0.25, 0.3) is 0 Å². The van der Waals surface area contributed by atoms with Crippen molar-refractivity contribution in [2.24, 2.45) is 5.41 Å². The van der Waals surface area contributed by atoms with E-state index in [1.165, 1.54) is 0 Å². The summed E-state index contributed by atoms with van der Waals surface area (Å²) in [5.41, 5.74) is 0.982. The number of rotatable bonds is 2. The summed E-state index contributed by atoms with van der Waals surface area (Å²) >= 11 is 0. The van der Waals surface area contributed by atoms with E-state index in [0.29, 0.717) is 19.7 Å². The van der Waals surface area contributed by atoms with Crippen LogP contribution < -0.4 is 0 Å². The minimum atomic E-state index is -0.274. The summed E-state index contributed by atoms with van der Waals surface area (Å²) in [4.78, 5) is 13.4. The first-order valence-corrected chi connectivity index (χ1v) is 6.33. The molecule has 1 heterocycles. The highest BCUT2D eigenvalue weighted by atomic mass is 16.6. The van der Waals surface area contributed by atoms with Crippen LogP contribution in [-0.2, 0) is 11.3 Å². The lowest BCUT2D eigenvalue weighted by Gasteiger charge is -2.58. The van der Waals surface area contributed by atoms with Gasteiger partial charge in [0, 0.05) is 18.5 Å². The maximum absolute atomic E-state index is 11.8. The Balaban J connectivity index is 1.46. The van der Waals surface area contributed by atoms with Crippen LogP contribution in [0.2, 0.25) is 0 Å². The molecule has 4 heteroatoms. The first-order chi connectivity index (χ1) is 8.70. The third-order valence-corrected chi connectivity index (χ3v) is 4.10. The standard InChI is InChI=1S/C14H17NO3/c16-12-6-7-14(12)9-15(10-14)13(17)18-8-11-4-2-1-3-5-11/h1-5,12,16H,6-10H2. The number of hydrogen-bond acceptors (Lipinski definition) is 3. The number of carbonyl (C=O) groups is 1. The van der Waals surface area contributed by atoms with Gasteiger partial charge >= 0.3 is 6.09 Å². The molecule has 2 aliphatic rings. The molecule has 1 spiro atoms.